The average Bonchev–Trinajstić information content (AvgIpc) is 3.64. The molecular formula is C35H46N6O8S2. The summed E-state index contributed by atoms with van der Waals surface area (Å²) < 4.78 is 34.0. The Kier molecular flexibility index (Phi) is 13.8. The molecule has 1 saturated heterocycles. The fourth-order valence-electron chi connectivity index (χ4n) is 5.89. The Morgan fingerprint density at radius 3 is 2.39 bits per heavy atom. The molecule has 0 aliphatic carbocycles. The normalized spacial score (nSPS) is 15.8. The molecule has 0 radical (unpaired) electrons. The van der Waals surface area contributed by atoms with Gasteiger partial charge in [-0.3, -0.25) is 14.5 Å². The molecule has 4 amide bonds. The summed E-state index contributed by atoms with van der Waals surface area (Å²) in [6, 6.07) is 12.3. The topological polar surface area (TPSA) is 182 Å². The number of ether oxygens (including phenoxy) is 1. The number of hydrogen-bond acceptors (Lipinski definition) is 11. The van der Waals surface area contributed by atoms with Crippen LogP contribution in [0.15, 0.2) is 70.0 Å². The summed E-state index contributed by atoms with van der Waals surface area (Å²) in [4.78, 5) is 47.5. The number of carbonyl (C=O) groups excluding carboxylic acids is 3. The third kappa shape index (κ3) is 10.2. The first-order valence-corrected chi connectivity index (χ1v) is 18.9. The van der Waals surface area contributed by atoms with Crippen LogP contribution in [0.1, 0.15) is 49.5 Å². The number of urea groups is 1. The van der Waals surface area contributed by atoms with Crippen molar-refractivity contribution >= 4 is 45.4 Å². The smallest absolute Gasteiger partial charge is 0.328 e. The molecule has 0 spiro atoms. The highest BCUT2D eigenvalue weighted by molar-refractivity contribution is 7.89. The summed E-state index contributed by atoms with van der Waals surface area (Å²) in [5.41, 5.74) is 1.82. The van der Waals surface area contributed by atoms with E-state index < -0.39 is 52.0 Å². The minimum atomic E-state index is -4.10. The summed E-state index contributed by atoms with van der Waals surface area (Å²) in [5, 5.41) is 28.9. The van der Waals surface area contributed by atoms with Crippen molar-refractivity contribution in [2.45, 2.75) is 70.4 Å². The fourth-order valence-corrected chi connectivity index (χ4v) is 8.26. The molecule has 1 unspecified atom stereocenters. The maximum Gasteiger partial charge on any atom is 0.328 e. The Labute approximate surface area is 302 Å². The number of amides is 4. The quantitative estimate of drug-likeness (QED) is 0.0763. The number of methoxy groups -OCH3 is 1. The molecule has 3 N–H and O–H groups in total. The average molecular weight is 743 g/mol. The Hall–Kier alpha value is -4.22. The van der Waals surface area contributed by atoms with Gasteiger partial charge >= 0.3 is 6.03 Å². The lowest BCUT2D eigenvalue weighted by Gasteiger charge is -2.34. The van der Waals surface area contributed by atoms with Crippen LogP contribution in [0.4, 0.5) is 4.79 Å². The van der Waals surface area contributed by atoms with E-state index in [4.69, 9.17) is 9.94 Å². The van der Waals surface area contributed by atoms with Crippen LogP contribution >= 0.6 is 11.3 Å². The van der Waals surface area contributed by atoms with Gasteiger partial charge in [0, 0.05) is 25.6 Å². The lowest BCUT2D eigenvalue weighted by Crippen LogP contribution is -2.57. The van der Waals surface area contributed by atoms with Crippen LogP contribution < -0.4 is 5.32 Å². The van der Waals surface area contributed by atoms with Gasteiger partial charge < -0.3 is 25.3 Å². The van der Waals surface area contributed by atoms with E-state index in [9.17, 15) is 27.9 Å². The summed E-state index contributed by atoms with van der Waals surface area (Å²) in [5.74, 6) is -1.56. The number of nitrogens with one attached hydrogen (secondary N) is 1. The highest BCUT2D eigenvalue weighted by atomic mass is 32.2. The van der Waals surface area contributed by atoms with Gasteiger partial charge in [-0.05, 0) is 41.5 Å². The van der Waals surface area contributed by atoms with Crippen molar-refractivity contribution in [2.75, 3.05) is 26.7 Å². The summed E-state index contributed by atoms with van der Waals surface area (Å²) >= 11 is 1.36. The van der Waals surface area contributed by atoms with E-state index in [0.717, 1.165) is 10.5 Å². The number of sulfonamides is 1. The van der Waals surface area contributed by atoms with Crippen molar-refractivity contribution in [3.05, 3.63) is 81.8 Å². The molecular weight excluding hydrogens is 697 g/mol. The highest BCUT2D eigenvalue weighted by Gasteiger charge is 2.44. The van der Waals surface area contributed by atoms with E-state index in [-0.39, 0.29) is 43.4 Å². The lowest BCUT2D eigenvalue weighted by molar-refractivity contribution is -0.129. The number of hydrogen-bond donors (Lipinski definition) is 3. The molecule has 276 valence electrons. The maximum atomic E-state index is 14.1. The molecule has 51 heavy (non-hydrogen) atoms. The van der Waals surface area contributed by atoms with Crippen LogP contribution in [0.3, 0.4) is 0 Å². The minimum Gasteiger partial charge on any atom is -0.411 e. The zero-order valence-electron chi connectivity index (χ0n) is 29.4. The van der Waals surface area contributed by atoms with Crippen molar-refractivity contribution in [3.8, 4) is 0 Å². The fraction of sp³-hybridized carbons (Fsp3) is 0.457. The second-order valence-electron chi connectivity index (χ2n) is 13.1. The first kappa shape index (κ1) is 39.6. The number of oxime groups is 1. The first-order chi connectivity index (χ1) is 24.2. The predicted molar refractivity (Wildman–Crippen MR) is 192 cm³/mol. The zero-order chi connectivity index (χ0) is 37.3. The molecule has 3 aromatic rings. The van der Waals surface area contributed by atoms with Crippen LogP contribution in [0.5, 0.6) is 0 Å². The number of nitrogens with zero attached hydrogens (tertiary/aromatic N) is 5. The number of benzene rings is 2. The lowest BCUT2D eigenvalue weighted by atomic mass is 9.97. The van der Waals surface area contributed by atoms with Crippen LogP contribution in [0, 0.1) is 11.8 Å². The molecule has 14 nitrogen and oxygen atoms in total. The number of carbonyl (C=O) groups is 3. The number of imide groups is 1. The highest BCUT2D eigenvalue weighted by Crippen LogP contribution is 2.24. The van der Waals surface area contributed by atoms with Gasteiger partial charge in [0.25, 0.3) is 5.91 Å². The number of aliphatic hydroxyl groups excluding tert-OH is 1. The van der Waals surface area contributed by atoms with E-state index in [1.165, 1.54) is 51.0 Å². The predicted octanol–water partition coefficient (Wildman–Crippen LogP) is 3.32. The van der Waals surface area contributed by atoms with Gasteiger partial charge in [0.2, 0.25) is 15.9 Å². The molecule has 2 heterocycles. The molecule has 0 bridgehead atoms. The molecule has 2 aromatic carbocycles. The van der Waals surface area contributed by atoms with Crippen molar-refractivity contribution in [1.29, 1.82) is 0 Å². The number of thiazole rings is 1. The van der Waals surface area contributed by atoms with Gasteiger partial charge in [0.05, 0.1) is 42.1 Å². The molecule has 1 fully saturated rings. The van der Waals surface area contributed by atoms with E-state index in [0.29, 0.717) is 22.9 Å². The SMILES string of the molecule is COCc1nc(CN2C(=O)CN(C(C(=O)N[C@@H](Cc3ccccc3)[C@H](O)CN(CC(C)C)S(=O)(=O)c3ccc(/C=N/O)cc3)C(C)C)C2=O)cs1. The van der Waals surface area contributed by atoms with E-state index in [2.05, 4.69) is 15.5 Å². The Bertz CT molecular complexity index is 1770. The Morgan fingerprint density at radius 2 is 1.78 bits per heavy atom. The van der Waals surface area contributed by atoms with E-state index in [1.54, 1.807) is 26.3 Å². The van der Waals surface area contributed by atoms with Crippen LogP contribution in [0.25, 0.3) is 0 Å². The van der Waals surface area contributed by atoms with Gasteiger partial charge in [-0.15, -0.1) is 11.3 Å². The second-order valence-corrected chi connectivity index (χ2v) is 16.0. The Balaban J connectivity index is 1.58. The number of aromatic nitrogens is 1. The minimum absolute atomic E-state index is 0.0108. The van der Waals surface area contributed by atoms with Crippen LogP contribution in [-0.2, 0) is 43.9 Å². The molecule has 0 saturated carbocycles. The summed E-state index contributed by atoms with van der Waals surface area (Å²) in [7, 11) is -2.55. The zero-order valence-corrected chi connectivity index (χ0v) is 31.0. The standard InChI is InChI=1S/C35H46N6O8S2/c1-23(2)17-39(51(47,48)28-13-11-26(12-14-28)16-36-46)19-30(42)29(15-25-9-7-6-8-10-25)38-34(44)33(24(3)4)41-20-32(43)40(35(41)45)18-27-22-50-31(37-27)21-49-5/h6-14,16,22-24,29-30,33,42,46H,15,17-21H2,1-5H3,(H,38,44)/b36-16+/t29-,30+,33?/m0/s1. The first-order valence-electron chi connectivity index (χ1n) is 16.6. The van der Waals surface area contributed by atoms with Crippen molar-refractivity contribution in [3.63, 3.8) is 0 Å². The van der Waals surface area contributed by atoms with E-state index >= 15 is 0 Å². The Morgan fingerprint density at radius 1 is 1.10 bits per heavy atom. The monoisotopic (exact) mass is 742 g/mol. The largest absolute Gasteiger partial charge is 0.411 e. The molecule has 1 aliphatic rings. The molecule has 1 aromatic heterocycles. The van der Waals surface area contributed by atoms with Crippen molar-refractivity contribution in [1.82, 2.24) is 24.4 Å². The van der Waals surface area contributed by atoms with Crippen LogP contribution in [-0.4, -0.2) is 107 Å². The molecule has 1 aliphatic heterocycles. The number of aliphatic hydroxyl groups is 1. The van der Waals surface area contributed by atoms with Gasteiger partial charge in [-0.25, -0.2) is 18.2 Å². The van der Waals surface area contributed by atoms with Gasteiger partial charge in [-0.2, -0.15) is 4.31 Å². The third-order valence-corrected chi connectivity index (χ3v) is 11.0. The van der Waals surface area contributed by atoms with Gasteiger partial charge in [-0.1, -0.05) is 75.3 Å². The van der Waals surface area contributed by atoms with Crippen molar-refractivity contribution in [2.24, 2.45) is 17.0 Å². The number of rotatable bonds is 18. The molecule has 4 rings (SSSR count). The van der Waals surface area contributed by atoms with Gasteiger partial charge in [0.1, 0.15) is 17.6 Å². The third-order valence-electron chi connectivity index (χ3n) is 8.28. The molecule has 3 atom stereocenters. The molecule has 16 heteroatoms. The second kappa shape index (κ2) is 17.8. The summed E-state index contributed by atoms with van der Waals surface area (Å²) in [6.45, 7) is 6.95. The van der Waals surface area contributed by atoms with Gasteiger partial charge in [0.15, 0.2) is 0 Å². The summed E-state index contributed by atoms with van der Waals surface area (Å²) in [6.07, 6.45) is -0.0266. The van der Waals surface area contributed by atoms with E-state index in [1.807, 2.05) is 44.2 Å². The van der Waals surface area contributed by atoms with Crippen molar-refractivity contribution < 1.29 is 37.9 Å². The maximum absolute atomic E-state index is 14.1. The van der Waals surface area contributed by atoms with Crippen LogP contribution in [0.2, 0.25) is 0 Å².